The van der Waals surface area contributed by atoms with E-state index in [-0.39, 0.29) is 49.4 Å². The number of fused-ring (bicyclic) bond motifs is 1. The molecule has 2 saturated heterocycles. The van der Waals surface area contributed by atoms with E-state index < -0.39 is 22.1 Å². The largest absolute Gasteiger partial charge is 0.338 e. The SMILES string of the molecule is CSCC[C@@H]1NC(=O)N(CC(=O)N2CCN(S(=O)(=O)c3ccc4ccccc4c3)CC2)C1=O. The van der Waals surface area contributed by atoms with Crippen molar-refractivity contribution in [1.29, 1.82) is 0 Å². The van der Waals surface area contributed by atoms with Crippen molar-refractivity contribution >= 4 is 50.4 Å². The Labute approximate surface area is 197 Å². The number of benzene rings is 2. The number of nitrogens with one attached hydrogen (secondary N) is 1. The Kier molecular flexibility index (Phi) is 6.91. The van der Waals surface area contributed by atoms with Gasteiger partial charge in [-0.05, 0) is 41.3 Å². The topological polar surface area (TPSA) is 107 Å². The average Bonchev–Trinajstić information content (AvgIpc) is 3.09. The van der Waals surface area contributed by atoms with Gasteiger partial charge in [-0.2, -0.15) is 16.1 Å². The van der Waals surface area contributed by atoms with Gasteiger partial charge in [0.1, 0.15) is 12.6 Å². The Hall–Kier alpha value is -2.63. The molecule has 2 aromatic carbocycles. The van der Waals surface area contributed by atoms with Crippen LogP contribution in [0, 0.1) is 0 Å². The van der Waals surface area contributed by atoms with Gasteiger partial charge in [-0.25, -0.2) is 13.2 Å². The second-order valence-electron chi connectivity index (χ2n) is 8.00. The van der Waals surface area contributed by atoms with Gasteiger partial charge in [0.2, 0.25) is 15.9 Å². The molecule has 0 radical (unpaired) electrons. The van der Waals surface area contributed by atoms with E-state index in [0.29, 0.717) is 6.42 Å². The lowest BCUT2D eigenvalue weighted by atomic mass is 10.1. The molecule has 0 bridgehead atoms. The first-order valence-corrected chi connectivity index (χ1v) is 13.5. The summed E-state index contributed by atoms with van der Waals surface area (Å²) in [5.41, 5.74) is 0. The van der Waals surface area contributed by atoms with Gasteiger partial charge in [0, 0.05) is 26.2 Å². The molecule has 1 atom stereocenters. The normalized spacial score (nSPS) is 19.8. The number of hydrogen-bond acceptors (Lipinski definition) is 6. The number of hydrogen-bond donors (Lipinski definition) is 1. The van der Waals surface area contributed by atoms with Gasteiger partial charge in [-0.3, -0.25) is 14.5 Å². The number of carbonyl (C=O) groups is 3. The third-order valence-electron chi connectivity index (χ3n) is 5.96. The van der Waals surface area contributed by atoms with Crippen molar-refractivity contribution in [2.24, 2.45) is 0 Å². The standard InChI is InChI=1S/C22H26N4O5S2/c1-32-13-8-19-21(28)26(22(29)23-19)15-20(27)24-9-11-25(12-10-24)33(30,31)18-7-6-16-4-2-3-5-17(16)14-18/h2-7,14,19H,8-13,15H2,1H3,(H,23,29)/t19-/m0/s1. The number of urea groups is 1. The maximum absolute atomic E-state index is 13.1. The highest BCUT2D eigenvalue weighted by Gasteiger charge is 2.39. The highest BCUT2D eigenvalue weighted by molar-refractivity contribution is 7.98. The van der Waals surface area contributed by atoms with E-state index in [0.717, 1.165) is 21.4 Å². The Morgan fingerprint density at radius 2 is 1.76 bits per heavy atom. The van der Waals surface area contributed by atoms with Crippen molar-refractivity contribution in [2.75, 3.05) is 44.7 Å². The van der Waals surface area contributed by atoms with Crippen LogP contribution in [0.15, 0.2) is 47.4 Å². The van der Waals surface area contributed by atoms with E-state index in [2.05, 4.69) is 5.32 Å². The number of carbonyl (C=O) groups excluding carboxylic acids is 3. The molecule has 1 N–H and O–H groups in total. The molecule has 2 fully saturated rings. The number of amides is 4. The van der Waals surface area contributed by atoms with Gasteiger partial charge < -0.3 is 10.2 Å². The lowest BCUT2D eigenvalue weighted by Gasteiger charge is -2.34. The third kappa shape index (κ3) is 4.85. The highest BCUT2D eigenvalue weighted by Crippen LogP contribution is 2.23. The van der Waals surface area contributed by atoms with Gasteiger partial charge in [0.05, 0.1) is 4.90 Å². The Balaban J connectivity index is 1.36. The number of thioether (sulfide) groups is 1. The molecule has 9 nitrogen and oxygen atoms in total. The number of rotatable bonds is 7. The summed E-state index contributed by atoms with van der Waals surface area (Å²) >= 11 is 1.58. The monoisotopic (exact) mass is 490 g/mol. The quantitative estimate of drug-likeness (QED) is 0.587. The first-order valence-electron chi connectivity index (χ1n) is 10.7. The molecule has 33 heavy (non-hydrogen) atoms. The van der Waals surface area contributed by atoms with Crippen LogP contribution in [0.3, 0.4) is 0 Å². The van der Waals surface area contributed by atoms with Gasteiger partial charge in [-0.1, -0.05) is 30.3 Å². The van der Waals surface area contributed by atoms with Crippen LogP contribution in [-0.2, 0) is 19.6 Å². The molecule has 0 aliphatic carbocycles. The molecule has 176 valence electrons. The van der Waals surface area contributed by atoms with Crippen molar-refractivity contribution in [3.8, 4) is 0 Å². The molecule has 0 spiro atoms. The van der Waals surface area contributed by atoms with Crippen molar-refractivity contribution in [3.63, 3.8) is 0 Å². The summed E-state index contributed by atoms with van der Waals surface area (Å²) in [7, 11) is -3.69. The second-order valence-corrected chi connectivity index (χ2v) is 10.9. The van der Waals surface area contributed by atoms with Gasteiger partial charge in [0.25, 0.3) is 5.91 Å². The zero-order valence-corrected chi connectivity index (χ0v) is 19.9. The molecule has 2 aromatic rings. The fourth-order valence-electron chi connectivity index (χ4n) is 4.05. The van der Waals surface area contributed by atoms with Crippen molar-refractivity contribution < 1.29 is 22.8 Å². The first kappa shape index (κ1) is 23.5. The van der Waals surface area contributed by atoms with E-state index in [1.54, 1.807) is 30.0 Å². The van der Waals surface area contributed by atoms with Crippen LogP contribution < -0.4 is 5.32 Å². The molecule has 0 saturated carbocycles. The summed E-state index contributed by atoms with van der Waals surface area (Å²) in [5, 5.41) is 4.43. The zero-order chi connectivity index (χ0) is 23.6. The Morgan fingerprint density at radius 3 is 2.45 bits per heavy atom. The van der Waals surface area contributed by atoms with Crippen LogP contribution in [0.5, 0.6) is 0 Å². The van der Waals surface area contributed by atoms with E-state index in [1.165, 1.54) is 9.21 Å². The van der Waals surface area contributed by atoms with Gasteiger partial charge >= 0.3 is 6.03 Å². The fourth-order valence-corrected chi connectivity index (χ4v) is 5.98. The minimum atomic E-state index is -3.69. The number of piperazine rings is 1. The third-order valence-corrected chi connectivity index (χ3v) is 8.50. The molecule has 2 heterocycles. The lowest BCUT2D eigenvalue weighted by molar-refractivity contribution is -0.138. The minimum Gasteiger partial charge on any atom is -0.338 e. The van der Waals surface area contributed by atoms with E-state index >= 15 is 0 Å². The average molecular weight is 491 g/mol. The van der Waals surface area contributed by atoms with Crippen LogP contribution in [0.4, 0.5) is 4.79 Å². The zero-order valence-electron chi connectivity index (χ0n) is 18.3. The molecule has 11 heteroatoms. The highest BCUT2D eigenvalue weighted by atomic mass is 32.2. The molecular formula is C22H26N4O5S2. The second kappa shape index (κ2) is 9.70. The maximum atomic E-state index is 13.1. The summed E-state index contributed by atoms with van der Waals surface area (Å²) in [6, 6.07) is 11.4. The molecule has 4 amide bonds. The number of imide groups is 1. The van der Waals surface area contributed by atoms with Crippen LogP contribution in [0.2, 0.25) is 0 Å². The molecule has 0 unspecified atom stereocenters. The van der Waals surface area contributed by atoms with Crippen molar-refractivity contribution in [3.05, 3.63) is 42.5 Å². The fraction of sp³-hybridized carbons (Fsp3) is 0.409. The van der Waals surface area contributed by atoms with Crippen LogP contribution in [0.1, 0.15) is 6.42 Å². The van der Waals surface area contributed by atoms with Gasteiger partial charge in [0.15, 0.2) is 0 Å². The van der Waals surface area contributed by atoms with E-state index in [1.807, 2.05) is 30.5 Å². The summed E-state index contributed by atoms with van der Waals surface area (Å²) in [4.78, 5) is 40.0. The van der Waals surface area contributed by atoms with Gasteiger partial charge in [-0.15, -0.1) is 0 Å². The smallest absolute Gasteiger partial charge is 0.325 e. The van der Waals surface area contributed by atoms with Crippen molar-refractivity contribution in [1.82, 2.24) is 19.4 Å². The summed E-state index contributed by atoms with van der Waals surface area (Å²) in [5.74, 6) is -0.0294. The Morgan fingerprint density at radius 1 is 1.06 bits per heavy atom. The predicted molar refractivity (Wildman–Crippen MR) is 126 cm³/mol. The predicted octanol–water partition coefficient (Wildman–Crippen LogP) is 1.35. The molecule has 2 aliphatic heterocycles. The maximum Gasteiger partial charge on any atom is 0.325 e. The first-order chi connectivity index (χ1) is 15.8. The van der Waals surface area contributed by atoms with Crippen LogP contribution in [-0.4, -0.2) is 91.1 Å². The molecule has 4 rings (SSSR count). The van der Waals surface area contributed by atoms with Crippen LogP contribution in [0.25, 0.3) is 10.8 Å². The summed E-state index contributed by atoms with van der Waals surface area (Å²) in [6.45, 7) is 0.364. The van der Waals surface area contributed by atoms with E-state index in [4.69, 9.17) is 0 Å². The molecule has 0 aromatic heterocycles. The van der Waals surface area contributed by atoms with Crippen LogP contribution >= 0.6 is 11.8 Å². The number of sulfonamides is 1. The molecule has 2 aliphatic rings. The number of nitrogens with zero attached hydrogens (tertiary/aromatic N) is 3. The van der Waals surface area contributed by atoms with Crippen molar-refractivity contribution in [2.45, 2.75) is 17.4 Å². The minimum absolute atomic E-state index is 0.150. The van der Waals surface area contributed by atoms with E-state index in [9.17, 15) is 22.8 Å². The molecular weight excluding hydrogens is 464 g/mol. The Bertz CT molecular complexity index is 1180. The lowest BCUT2D eigenvalue weighted by Crippen LogP contribution is -2.53. The summed E-state index contributed by atoms with van der Waals surface area (Å²) in [6.07, 6.45) is 2.43. The summed E-state index contributed by atoms with van der Waals surface area (Å²) < 4.78 is 27.6.